The van der Waals surface area contributed by atoms with Crippen LogP contribution in [0, 0.1) is 11.8 Å². The molecule has 1 aromatic carbocycles. The molecule has 0 spiro atoms. The van der Waals surface area contributed by atoms with Crippen LogP contribution in [0.5, 0.6) is 0 Å². The predicted octanol–water partition coefficient (Wildman–Crippen LogP) is 2.69. The van der Waals surface area contributed by atoms with E-state index < -0.39 is 80.3 Å². The standard InChI is InChI=1S/C36H48N6O8S/c1-6-24-17-36(24,32(45)40-51(48,49)26-13-14-26)38-30(43)28-16-25-19-42(28)31(44)29(21(2)3)37-33(46)39-35(4,5)15-8-7-10-22-11-9-12-23-18-41(20-27(22)23)34(47)50-25/h6-7,9-12,21,24-26,28-29H,1,8,13-20H2,2-5H3,(H,38,43)(H,40,45)(H2,37,39,46)/b10-7+/t24-,25+,28-,29-,36+/m0/s1. The number of amides is 6. The topological polar surface area (TPSA) is 183 Å². The van der Waals surface area contributed by atoms with Crippen LogP contribution in [0.3, 0.4) is 0 Å². The largest absolute Gasteiger partial charge is 0.444 e. The first kappa shape index (κ1) is 36.4. The van der Waals surface area contributed by atoms with Crippen LogP contribution in [0.25, 0.3) is 6.08 Å². The van der Waals surface area contributed by atoms with Crippen molar-refractivity contribution in [2.24, 2.45) is 11.8 Å². The zero-order chi connectivity index (χ0) is 36.9. The van der Waals surface area contributed by atoms with E-state index in [2.05, 4.69) is 27.3 Å². The van der Waals surface area contributed by atoms with Gasteiger partial charge in [-0.15, -0.1) is 6.58 Å². The summed E-state index contributed by atoms with van der Waals surface area (Å²) in [5.41, 5.74) is 0.806. The van der Waals surface area contributed by atoms with Crippen molar-refractivity contribution in [1.82, 2.24) is 30.5 Å². The number of sulfonamides is 1. The molecule has 5 atom stereocenters. The van der Waals surface area contributed by atoms with E-state index in [1.54, 1.807) is 18.7 Å². The number of carbonyl (C=O) groups excluding carboxylic acids is 5. The molecule has 4 bridgehead atoms. The van der Waals surface area contributed by atoms with Gasteiger partial charge in [-0.05, 0) is 68.6 Å². The third kappa shape index (κ3) is 7.63. The smallest absolute Gasteiger partial charge is 0.410 e. The molecule has 3 aliphatic heterocycles. The molecule has 1 aromatic rings. The first-order valence-electron chi connectivity index (χ1n) is 17.7. The second-order valence-corrected chi connectivity index (χ2v) is 17.4. The molecule has 6 rings (SSSR count). The lowest BCUT2D eigenvalue weighted by molar-refractivity contribution is -0.141. The van der Waals surface area contributed by atoms with Crippen molar-refractivity contribution in [1.29, 1.82) is 0 Å². The molecule has 1 saturated heterocycles. The summed E-state index contributed by atoms with van der Waals surface area (Å²) in [7, 11) is -3.90. The Kier molecular flexibility index (Phi) is 9.72. The minimum absolute atomic E-state index is 0.0705. The number of benzene rings is 1. The van der Waals surface area contributed by atoms with Gasteiger partial charge in [0, 0.05) is 24.4 Å². The van der Waals surface area contributed by atoms with E-state index in [9.17, 15) is 32.4 Å². The quantitative estimate of drug-likeness (QED) is 0.310. The Bertz CT molecular complexity index is 1770. The van der Waals surface area contributed by atoms with E-state index in [0.29, 0.717) is 38.8 Å². The summed E-state index contributed by atoms with van der Waals surface area (Å²) in [5.74, 6) is -3.03. The third-order valence-corrected chi connectivity index (χ3v) is 12.4. The number of urea groups is 1. The van der Waals surface area contributed by atoms with Crippen molar-refractivity contribution in [2.45, 2.75) is 114 Å². The van der Waals surface area contributed by atoms with Crippen LogP contribution in [0.15, 0.2) is 36.9 Å². The normalized spacial score (nSPS) is 29.9. The molecule has 51 heavy (non-hydrogen) atoms. The highest BCUT2D eigenvalue weighted by Crippen LogP contribution is 2.45. The maximum absolute atomic E-state index is 14.3. The molecular weight excluding hydrogens is 676 g/mol. The molecule has 14 nitrogen and oxygen atoms in total. The number of ether oxygens (including phenoxy) is 1. The Labute approximate surface area is 298 Å². The van der Waals surface area contributed by atoms with Crippen molar-refractivity contribution in [2.75, 3.05) is 6.54 Å². The van der Waals surface area contributed by atoms with Crippen LogP contribution in [0.1, 0.15) is 82.9 Å². The minimum Gasteiger partial charge on any atom is -0.444 e. The molecule has 2 saturated carbocycles. The van der Waals surface area contributed by atoms with Crippen LogP contribution in [-0.4, -0.2) is 89.1 Å². The molecular formula is C36H48N6O8S. The molecule has 0 unspecified atom stereocenters. The van der Waals surface area contributed by atoms with E-state index in [-0.39, 0.29) is 25.3 Å². The summed E-state index contributed by atoms with van der Waals surface area (Å²) in [6, 6.07) is 3.12. The maximum Gasteiger partial charge on any atom is 0.410 e. The fraction of sp³-hybridized carbons (Fsp3) is 0.583. The molecule has 6 amide bonds. The first-order valence-corrected chi connectivity index (χ1v) is 19.2. The van der Waals surface area contributed by atoms with Crippen molar-refractivity contribution in [3.63, 3.8) is 0 Å². The fourth-order valence-corrected chi connectivity index (χ4v) is 8.60. The van der Waals surface area contributed by atoms with E-state index in [0.717, 1.165) is 16.7 Å². The van der Waals surface area contributed by atoms with Gasteiger partial charge in [-0.25, -0.2) is 18.0 Å². The highest BCUT2D eigenvalue weighted by Gasteiger charge is 2.62. The predicted molar refractivity (Wildman–Crippen MR) is 188 cm³/mol. The zero-order valence-corrected chi connectivity index (χ0v) is 30.4. The highest BCUT2D eigenvalue weighted by atomic mass is 32.2. The van der Waals surface area contributed by atoms with Crippen LogP contribution in [0.2, 0.25) is 0 Å². The van der Waals surface area contributed by atoms with Crippen LogP contribution in [0.4, 0.5) is 9.59 Å². The average Bonchev–Trinajstić information content (AvgIpc) is 3.95. The highest BCUT2D eigenvalue weighted by molar-refractivity contribution is 7.91. The number of nitrogens with zero attached hydrogens (tertiary/aromatic N) is 2. The number of rotatable bonds is 7. The summed E-state index contributed by atoms with van der Waals surface area (Å²) in [6.45, 7) is 11.6. The minimum atomic E-state index is -3.90. The summed E-state index contributed by atoms with van der Waals surface area (Å²) >= 11 is 0. The second-order valence-electron chi connectivity index (χ2n) is 15.4. The van der Waals surface area contributed by atoms with Gasteiger partial charge >= 0.3 is 12.1 Å². The first-order chi connectivity index (χ1) is 24.0. The number of carbonyl (C=O) groups is 5. The molecule has 4 N–H and O–H groups in total. The van der Waals surface area contributed by atoms with Gasteiger partial charge < -0.3 is 25.6 Å². The lowest BCUT2D eigenvalue weighted by Crippen LogP contribution is -2.60. The molecule has 0 radical (unpaired) electrons. The van der Waals surface area contributed by atoms with Crippen molar-refractivity contribution >= 4 is 45.9 Å². The number of allylic oxidation sites excluding steroid dienone is 1. The molecule has 276 valence electrons. The zero-order valence-electron chi connectivity index (χ0n) is 29.6. The molecule has 3 heterocycles. The van der Waals surface area contributed by atoms with E-state index in [1.807, 2.05) is 44.2 Å². The Morgan fingerprint density at radius 3 is 2.55 bits per heavy atom. The summed E-state index contributed by atoms with van der Waals surface area (Å²) in [5, 5.41) is 7.88. The van der Waals surface area contributed by atoms with Crippen LogP contribution >= 0.6 is 0 Å². The molecule has 5 aliphatic rings. The molecule has 3 fully saturated rings. The van der Waals surface area contributed by atoms with Crippen molar-refractivity contribution < 1.29 is 37.1 Å². The second kappa shape index (κ2) is 13.6. The lowest BCUT2D eigenvalue weighted by atomic mass is 9.97. The van der Waals surface area contributed by atoms with E-state index >= 15 is 0 Å². The van der Waals surface area contributed by atoms with Gasteiger partial charge in [0.05, 0.1) is 18.3 Å². The van der Waals surface area contributed by atoms with Gasteiger partial charge in [0.2, 0.25) is 21.8 Å². The lowest BCUT2D eigenvalue weighted by Gasteiger charge is -2.32. The molecule has 2 aliphatic carbocycles. The number of hydrogen-bond donors (Lipinski definition) is 4. The van der Waals surface area contributed by atoms with Crippen molar-refractivity contribution in [3.8, 4) is 0 Å². The SMILES string of the molecule is C=C[C@H]1C[C@]1(NC(=O)[C@@H]1C[C@@H]2CN1C(=O)[C@H](C(C)C)NC(=O)NC(C)(C)CC/C=C/c1cccc3c1CN(C3)C(=O)O2)C(=O)NS(=O)(=O)C1CC1. The third-order valence-electron chi connectivity index (χ3n) is 10.5. The Balaban J connectivity index is 1.28. The van der Waals surface area contributed by atoms with Gasteiger partial charge in [0.15, 0.2) is 0 Å². The monoisotopic (exact) mass is 724 g/mol. The van der Waals surface area contributed by atoms with Gasteiger partial charge in [0.1, 0.15) is 23.7 Å². The molecule has 0 aromatic heterocycles. The summed E-state index contributed by atoms with van der Waals surface area (Å²) < 4.78 is 33.4. The van der Waals surface area contributed by atoms with Crippen molar-refractivity contribution in [3.05, 3.63) is 53.6 Å². The van der Waals surface area contributed by atoms with Crippen LogP contribution in [-0.2, 0) is 42.2 Å². The Hall–Kier alpha value is -4.40. The number of hydrogen-bond acceptors (Lipinski definition) is 8. The Morgan fingerprint density at radius 1 is 1.14 bits per heavy atom. The maximum atomic E-state index is 14.3. The number of nitrogens with one attached hydrogen (secondary N) is 4. The molecule has 15 heteroatoms. The van der Waals surface area contributed by atoms with E-state index in [1.165, 1.54) is 11.0 Å². The summed E-state index contributed by atoms with van der Waals surface area (Å²) in [4.78, 5) is 71.6. The van der Waals surface area contributed by atoms with Gasteiger partial charge in [-0.1, -0.05) is 50.3 Å². The summed E-state index contributed by atoms with van der Waals surface area (Å²) in [6.07, 6.45) is 6.33. The van der Waals surface area contributed by atoms with Crippen LogP contribution < -0.4 is 20.7 Å². The average molecular weight is 725 g/mol. The Morgan fingerprint density at radius 2 is 1.88 bits per heavy atom. The van der Waals surface area contributed by atoms with E-state index in [4.69, 9.17) is 4.74 Å². The van der Waals surface area contributed by atoms with Gasteiger partial charge in [-0.3, -0.25) is 24.0 Å². The fourth-order valence-electron chi connectivity index (χ4n) is 7.24. The van der Waals surface area contributed by atoms with Gasteiger partial charge in [0.25, 0.3) is 5.91 Å². The van der Waals surface area contributed by atoms with Gasteiger partial charge in [-0.2, -0.15) is 0 Å². The number of fused-ring (bicyclic) bond motifs is 3.